The molecule has 4 aliphatic carbocycles. The minimum atomic E-state index is -1.38. The maximum Gasteiger partial charge on any atom is 0.327 e. The fourth-order valence-corrected chi connectivity index (χ4v) is 8.78. The van der Waals surface area contributed by atoms with Crippen LogP contribution in [-0.2, 0) is 19.1 Å². The molecule has 6 amide bonds. The van der Waals surface area contributed by atoms with E-state index in [0.29, 0.717) is 37.7 Å². The Morgan fingerprint density at radius 3 is 2.16 bits per heavy atom. The van der Waals surface area contributed by atoms with E-state index in [0.717, 1.165) is 21.1 Å². The van der Waals surface area contributed by atoms with Crippen LogP contribution in [0.15, 0.2) is 30.3 Å². The zero-order valence-electron chi connectivity index (χ0n) is 25.9. The van der Waals surface area contributed by atoms with Gasteiger partial charge in [0.1, 0.15) is 24.3 Å². The predicted molar refractivity (Wildman–Crippen MR) is 157 cm³/mol. The Bertz CT molecular complexity index is 1390. The van der Waals surface area contributed by atoms with E-state index in [1.54, 1.807) is 30.3 Å². The van der Waals surface area contributed by atoms with Crippen molar-refractivity contribution in [3.05, 3.63) is 35.9 Å². The molecule has 1 aromatic carbocycles. The number of nitrogens with zero attached hydrogens (tertiary/aromatic N) is 4. The van der Waals surface area contributed by atoms with Crippen molar-refractivity contribution in [3.63, 3.8) is 0 Å². The molecule has 5 atom stereocenters. The van der Waals surface area contributed by atoms with Gasteiger partial charge in [0.25, 0.3) is 11.8 Å². The Hall–Kier alpha value is -3.55. The lowest BCUT2D eigenvalue weighted by molar-refractivity contribution is -0.198. The molecule has 13 nitrogen and oxygen atoms in total. The molecular weight excluding hydrogens is 584 g/mol. The summed E-state index contributed by atoms with van der Waals surface area (Å²) in [5, 5.41) is 32.6. The van der Waals surface area contributed by atoms with E-state index in [1.165, 1.54) is 25.8 Å². The zero-order chi connectivity index (χ0) is 32.5. The van der Waals surface area contributed by atoms with Gasteiger partial charge >= 0.3 is 18.0 Å². The topological polar surface area (TPSA) is 168 Å². The van der Waals surface area contributed by atoms with Crippen LogP contribution in [0.3, 0.4) is 0 Å². The van der Waals surface area contributed by atoms with Crippen molar-refractivity contribution >= 4 is 29.8 Å². The first-order valence-electron chi connectivity index (χ1n) is 15.7. The number of esters is 1. The third kappa shape index (κ3) is 5.38. The Labute approximate surface area is 261 Å². The Morgan fingerprint density at radius 1 is 0.911 bits per heavy atom. The second-order valence-electron chi connectivity index (χ2n) is 14.4. The van der Waals surface area contributed by atoms with Gasteiger partial charge in [0.2, 0.25) is 0 Å². The summed E-state index contributed by atoms with van der Waals surface area (Å²) in [5.74, 6) is -0.997. The molecule has 0 spiro atoms. The smallest absolute Gasteiger partial charge is 0.327 e. The van der Waals surface area contributed by atoms with E-state index in [9.17, 15) is 39.3 Å². The molecule has 2 heterocycles. The lowest BCUT2D eigenvalue weighted by atomic mass is 9.48. The molecule has 1 aromatic rings. The van der Waals surface area contributed by atoms with Crippen LogP contribution in [0.5, 0.6) is 0 Å². The highest BCUT2D eigenvalue weighted by atomic mass is 16.5. The second-order valence-corrected chi connectivity index (χ2v) is 14.4. The first-order valence-corrected chi connectivity index (χ1v) is 15.7. The minimum Gasteiger partial charge on any atom is -0.462 e. The average molecular weight is 627 g/mol. The van der Waals surface area contributed by atoms with Gasteiger partial charge in [0.05, 0.1) is 36.8 Å². The number of likely N-dealkylation sites (N-methyl/N-ethyl adjacent to an activating group) is 1. The third-order valence-corrected chi connectivity index (χ3v) is 10.5. The molecule has 45 heavy (non-hydrogen) atoms. The summed E-state index contributed by atoms with van der Waals surface area (Å²) in [6.07, 6.45) is 1.40. The van der Waals surface area contributed by atoms with E-state index in [1.807, 2.05) is 0 Å². The second kappa shape index (κ2) is 11.1. The van der Waals surface area contributed by atoms with Crippen molar-refractivity contribution in [2.75, 3.05) is 33.3 Å². The van der Waals surface area contributed by atoms with Crippen LogP contribution in [-0.4, -0.2) is 121 Å². The highest BCUT2D eigenvalue weighted by Crippen LogP contribution is 2.62. The molecule has 0 aromatic heterocycles. The Morgan fingerprint density at radius 2 is 1.53 bits per heavy atom. The highest BCUT2D eigenvalue weighted by molar-refractivity contribution is 6.07. The largest absolute Gasteiger partial charge is 0.462 e. The Kier molecular flexibility index (Phi) is 7.72. The fourth-order valence-electron chi connectivity index (χ4n) is 8.78. The molecule has 2 saturated heterocycles. The van der Waals surface area contributed by atoms with Gasteiger partial charge in [-0.25, -0.2) is 9.59 Å². The minimum absolute atomic E-state index is 0.282. The van der Waals surface area contributed by atoms with Gasteiger partial charge in [-0.2, -0.15) is 0 Å². The lowest BCUT2D eigenvalue weighted by Crippen LogP contribution is -2.58. The van der Waals surface area contributed by atoms with Gasteiger partial charge in [-0.3, -0.25) is 24.2 Å². The van der Waals surface area contributed by atoms with Gasteiger partial charge in [-0.1, -0.05) is 30.3 Å². The molecule has 4 bridgehead atoms. The molecular formula is C32H42N4O9. The number of carbonyl (C=O) groups is 5. The summed E-state index contributed by atoms with van der Waals surface area (Å²) in [6.45, 7) is 1.46. The molecule has 6 aliphatic rings. The molecule has 2 aliphatic heterocycles. The average Bonchev–Trinajstić information content (AvgIpc) is 3.26. The van der Waals surface area contributed by atoms with Crippen LogP contribution in [0.1, 0.15) is 64.0 Å². The zero-order valence-corrected chi connectivity index (χ0v) is 25.9. The van der Waals surface area contributed by atoms with Gasteiger partial charge < -0.3 is 29.9 Å². The number of hydrogen-bond acceptors (Lipinski definition) is 9. The van der Waals surface area contributed by atoms with E-state index >= 15 is 0 Å². The molecule has 5 unspecified atom stereocenters. The number of β-amino-alcohol motifs (C(OH)–C–C–N with tert-alkyl or cyclic N) is 2. The van der Waals surface area contributed by atoms with E-state index in [2.05, 4.69) is 0 Å². The Balaban J connectivity index is 1.05. The van der Waals surface area contributed by atoms with Gasteiger partial charge in [-0.15, -0.1) is 0 Å². The number of benzene rings is 1. The molecule has 13 heteroatoms. The summed E-state index contributed by atoms with van der Waals surface area (Å²) < 4.78 is 5.53. The lowest BCUT2D eigenvalue weighted by Gasteiger charge is -2.58. The van der Waals surface area contributed by atoms with Crippen molar-refractivity contribution in [1.82, 2.24) is 19.6 Å². The van der Waals surface area contributed by atoms with E-state index < -0.39 is 77.8 Å². The molecule has 7 rings (SSSR count). The van der Waals surface area contributed by atoms with Crippen LogP contribution in [0.25, 0.3) is 0 Å². The van der Waals surface area contributed by atoms with E-state index in [4.69, 9.17) is 4.74 Å². The molecule has 244 valence electrons. The quantitative estimate of drug-likeness (QED) is 0.256. The van der Waals surface area contributed by atoms with Crippen LogP contribution >= 0.6 is 0 Å². The number of aliphatic hydroxyl groups excluding tert-OH is 2. The van der Waals surface area contributed by atoms with Crippen LogP contribution in [0, 0.1) is 17.3 Å². The summed E-state index contributed by atoms with van der Waals surface area (Å²) in [5.41, 5.74) is -2.36. The monoisotopic (exact) mass is 626 g/mol. The molecule has 6 fully saturated rings. The van der Waals surface area contributed by atoms with Crippen LogP contribution in [0.4, 0.5) is 9.59 Å². The highest BCUT2D eigenvalue weighted by Gasteiger charge is 2.61. The first kappa shape index (κ1) is 31.4. The van der Waals surface area contributed by atoms with Crippen LogP contribution in [0.2, 0.25) is 0 Å². The standard InChI is InChI=1S/C32H42N4O9/c1-30(2)26(40)35(15-23(38)17-45-27(41)31-10-19-9-20(11-31)13-32(44,12-19)18-31)29(43)36(30)16-22(37)14-34-25(39)24(33(3)28(34)42)21-7-5-4-6-8-21/h4-8,19-20,22-24,37-38,44H,9-18H2,1-3H3. The number of ether oxygens (including phenoxy) is 1. The van der Waals surface area contributed by atoms with Crippen molar-refractivity contribution in [2.45, 2.75) is 81.8 Å². The number of aliphatic hydroxyl groups is 3. The summed E-state index contributed by atoms with van der Waals surface area (Å²) in [4.78, 5) is 70.2. The number of amides is 6. The summed E-state index contributed by atoms with van der Waals surface area (Å²) >= 11 is 0. The van der Waals surface area contributed by atoms with E-state index in [-0.39, 0.29) is 24.9 Å². The van der Waals surface area contributed by atoms with Gasteiger partial charge in [-0.05, 0) is 69.8 Å². The molecule has 3 N–H and O–H groups in total. The summed E-state index contributed by atoms with van der Waals surface area (Å²) in [7, 11) is 1.50. The number of hydrogen-bond donors (Lipinski definition) is 3. The maximum absolute atomic E-state index is 13.4. The molecule has 4 saturated carbocycles. The number of urea groups is 2. The maximum atomic E-state index is 13.4. The number of carbonyl (C=O) groups excluding carboxylic acids is 5. The molecule has 0 radical (unpaired) electrons. The van der Waals surface area contributed by atoms with Gasteiger partial charge in [0.15, 0.2) is 0 Å². The van der Waals surface area contributed by atoms with Crippen molar-refractivity contribution < 1.29 is 44.0 Å². The summed E-state index contributed by atoms with van der Waals surface area (Å²) in [6, 6.07) is 6.62. The first-order chi connectivity index (χ1) is 21.1. The normalized spacial score (nSPS) is 33.4. The van der Waals surface area contributed by atoms with Crippen molar-refractivity contribution in [3.8, 4) is 0 Å². The predicted octanol–water partition coefficient (Wildman–Crippen LogP) is 1.26. The number of rotatable bonds is 10. The van der Waals surface area contributed by atoms with Crippen molar-refractivity contribution in [2.24, 2.45) is 17.3 Å². The fraction of sp³-hybridized carbons (Fsp3) is 0.656. The van der Waals surface area contributed by atoms with Crippen LogP contribution < -0.4 is 0 Å². The SMILES string of the molecule is CN1C(=O)N(CC(O)CN2C(=O)N(CC(O)COC(=O)C34CC5CC(CC(O)(C5)C3)C4)C(=O)C2(C)C)C(=O)C1c1ccccc1. The van der Waals surface area contributed by atoms with Gasteiger partial charge in [0, 0.05) is 7.05 Å². The van der Waals surface area contributed by atoms with Crippen molar-refractivity contribution in [1.29, 1.82) is 0 Å². The third-order valence-electron chi connectivity index (χ3n) is 10.5. The number of imide groups is 2.